The van der Waals surface area contributed by atoms with Crippen molar-refractivity contribution in [1.82, 2.24) is 5.32 Å². The molecule has 0 fully saturated rings. The Morgan fingerprint density at radius 3 is 2.50 bits per heavy atom. The topological polar surface area (TPSA) is 116 Å². The minimum Gasteiger partial charge on any atom is -0.481 e. The number of nitrogens with one attached hydrogen (secondary N) is 2. The molecule has 4 N–H and O–H groups in total. The Balaban J connectivity index is 2.57. The molecule has 2 amide bonds. The quantitative estimate of drug-likeness (QED) is 0.629. The van der Waals surface area contributed by atoms with E-state index in [-0.39, 0.29) is 12.8 Å². The van der Waals surface area contributed by atoms with Crippen LogP contribution < -0.4 is 10.6 Å². The molecular weight excluding hydrogens is 264 g/mol. The van der Waals surface area contributed by atoms with E-state index >= 15 is 0 Å². The van der Waals surface area contributed by atoms with Gasteiger partial charge < -0.3 is 20.8 Å². The summed E-state index contributed by atoms with van der Waals surface area (Å²) < 4.78 is 0. The SMILES string of the molecule is Cc1cccc(NC(=O)NC(CCC(=O)O)C(=O)O)c1. The number of benzene rings is 1. The Morgan fingerprint density at radius 1 is 1.25 bits per heavy atom. The zero-order chi connectivity index (χ0) is 15.1. The molecule has 0 aliphatic carbocycles. The number of hydrogen-bond acceptors (Lipinski definition) is 3. The second-order valence-electron chi connectivity index (χ2n) is 4.29. The monoisotopic (exact) mass is 280 g/mol. The average molecular weight is 280 g/mol. The van der Waals surface area contributed by atoms with Crippen molar-refractivity contribution in [2.75, 3.05) is 5.32 Å². The van der Waals surface area contributed by atoms with Crippen molar-refractivity contribution in [2.24, 2.45) is 0 Å². The fourth-order valence-corrected chi connectivity index (χ4v) is 1.57. The van der Waals surface area contributed by atoms with E-state index in [0.29, 0.717) is 5.69 Å². The van der Waals surface area contributed by atoms with Crippen molar-refractivity contribution in [3.8, 4) is 0 Å². The van der Waals surface area contributed by atoms with Crippen LogP contribution >= 0.6 is 0 Å². The number of aryl methyl sites for hydroxylation is 1. The van der Waals surface area contributed by atoms with E-state index in [0.717, 1.165) is 5.56 Å². The third kappa shape index (κ3) is 5.38. The van der Waals surface area contributed by atoms with Gasteiger partial charge in [-0.2, -0.15) is 0 Å². The maximum absolute atomic E-state index is 11.7. The Hall–Kier alpha value is -2.57. The molecule has 0 saturated carbocycles. The van der Waals surface area contributed by atoms with Gasteiger partial charge in [-0.05, 0) is 31.0 Å². The van der Waals surface area contributed by atoms with E-state index in [1.807, 2.05) is 13.0 Å². The predicted molar refractivity (Wildman–Crippen MR) is 71.6 cm³/mol. The van der Waals surface area contributed by atoms with Gasteiger partial charge in [-0.3, -0.25) is 4.79 Å². The van der Waals surface area contributed by atoms with Crippen molar-refractivity contribution >= 4 is 23.7 Å². The maximum Gasteiger partial charge on any atom is 0.326 e. The van der Waals surface area contributed by atoms with Crippen molar-refractivity contribution in [2.45, 2.75) is 25.8 Å². The van der Waals surface area contributed by atoms with Gasteiger partial charge in [-0.15, -0.1) is 0 Å². The minimum absolute atomic E-state index is 0.175. The van der Waals surface area contributed by atoms with Crippen molar-refractivity contribution in [3.05, 3.63) is 29.8 Å². The smallest absolute Gasteiger partial charge is 0.326 e. The summed E-state index contributed by atoms with van der Waals surface area (Å²) >= 11 is 0. The lowest BCUT2D eigenvalue weighted by Crippen LogP contribution is -2.43. The van der Waals surface area contributed by atoms with Crippen LogP contribution in [0, 0.1) is 6.92 Å². The number of amides is 2. The predicted octanol–water partition coefficient (Wildman–Crippen LogP) is 1.43. The molecule has 1 unspecified atom stereocenters. The molecule has 1 rings (SSSR count). The van der Waals surface area contributed by atoms with Gasteiger partial charge in [0.2, 0.25) is 0 Å². The number of carboxylic acid groups (broad SMARTS) is 2. The van der Waals surface area contributed by atoms with Crippen LogP contribution in [-0.2, 0) is 9.59 Å². The summed E-state index contributed by atoms with van der Waals surface area (Å²) in [7, 11) is 0. The number of carbonyl (C=O) groups is 3. The Labute approximate surface area is 115 Å². The normalized spacial score (nSPS) is 11.4. The van der Waals surface area contributed by atoms with Gasteiger partial charge >= 0.3 is 18.0 Å². The zero-order valence-electron chi connectivity index (χ0n) is 10.9. The first-order valence-corrected chi connectivity index (χ1v) is 5.97. The third-order valence-electron chi connectivity index (χ3n) is 2.53. The Morgan fingerprint density at radius 2 is 1.95 bits per heavy atom. The maximum atomic E-state index is 11.7. The highest BCUT2D eigenvalue weighted by Crippen LogP contribution is 2.09. The van der Waals surface area contributed by atoms with Gasteiger partial charge in [0.25, 0.3) is 0 Å². The summed E-state index contributed by atoms with van der Waals surface area (Å²) in [5, 5.41) is 22.2. The fourth-order valence-electron chi connectivity index (χ4n) is 1.57. The van der Waals surface area contributed by atoms with E-state index in [9.17, 15) is 14.4 Å². The molecule has 108 valence electrons. The Bertz CT molecular complexity index is 515. The molecule has 0 aliphatic rings. The van der Waals surface area contributed by atoms with Crippen LogP contribution in [0.2, 0.25) is 0 Å². The lowest BCUT2D eigenvalue weighted by molar-refractivity contribution is -0.140. The number of hydrogen-bond donors (Lipinski definition) is 4. The zero-order valence-corrected chi connectivity index (χ0v) is 10.9. The van der Waals surface area contributed by atoms with Crippen LogP contribution in [0.4, 0.5) is 10.5 Å². The number of urea groups is 1. The molecular formula is C13H16N2O5. The van der Waals surface area contributed by atoms with Crippen LogP contribution in [0.15, 0.2) is 24.3 Å². The minimum atomic E-state index is -1.27. The van der Waals surface area contributed by atoms with Crippen LogP contribution in [0.25, 0.3) is 0 Å². The van der Waals surface area contributed by atoms with Gasteiger partial charge in [0.05, 0.1) is 0 Å². The van der Waals surface area contributed by atoms with E-state index < -0.39 is 24.0 Å². The highest BCUT2D eigenvalue weighted by Gasteiger charge is 2.20. The van der Waals surface area contributed by atoms with Crippen LogP contribution in [-0.4, -0.2) is 34.2 Å². The van der Waals surface area contributed by atoms with Gasteiger partial charge in [0.15, 0.2) is 0 Å². The highest BCUT2D eigenvalue weighted by molar-refractivity contribution is 5.92. The molecule has 0 bridgehead atoms. The van der Waals surface area contributed by atoms with Crippen LogP contribution in [0.5, 0.6) is 0 Å². The summed E-state index contributed by atoms with van der Waals surface area (Å²) in [6.07, 6.45) is -0.506. The van der Waals surface area contributed by atoms with Crippen molar-refractivity contribution in [3.63, 3.8) is 0 Å². The molecule has 1 aromatic carbocycles. The first-order chi connectivity index (χ1) is 9.38. The summed E-state index contributed by atoms with van der Waals surface area (Å²) in [6.45, 7) is 1.86. The van der Waals surface area contributed by atoms with Crippen LogP contribution in [0.1, 0.15) is 18.4 Å². The number of carboxylic acids is 2. The van der Waals surface area contributed by atoms with Gasteiger partial charge in [0, 0.05) is 12.1 Å². The summed E-state index contributed by atoms with van der Waals surface area (Å²) in [5.41, 5.74) is 1.48. The van der Waals surface area contributed by atoms with Gasteiger partial charge in [0.1, 0.15) is 6.04 Å². The van der Waals surface area contributed by atoms with Crippen molar-refractivity contribution in [1.29, 1.82) is 0 Å². The van der Waals surface area contributed by atoms with Crippen molar-refractivity contribution < 1.29 is 24.6 Å². The van der Waals surface area contributed by atoms with Crippen LogP contribution in [0.3, 0.4) is 0 Å². The summed E-state index contributed by atoms with van der Waals surface area (Å²) in [6, 6.07) is 5.08. The first-order valence-electron chi connectivity index (χ1n) is 5.97. The molecule has 0 aromatic heterocycles. The lowest BCUT2D eigenvalue weighted by Gasteiger charge is -2.14. The number of rotatable bonds is 6. The number of aliphatic carboxylic acids is 2. The number of anilines is 1. The van der Waals surface area contributed by atoms with Gasteiger partial charge in [-0.1, -0.05) is 12.1 Å². The fraction of sp³-hybridized carbons (Fsp3) is 0.308. The lowest BCUT2D eigenvalue weighted by atomic mass is 10.1. The first kappa shape index (κ1) is 15.5. The number of carbonyl (C=O) groups excluding carboxylic acids is 1. The molecule has 0 spiro atoms. The van der Waals surface area contributed by atoms with E-state index in [4.69, 9.17) is 10.2 Å². The molecule has 7 heteroatoms. The highest BCUT2D eigenvalue weighted by atomic mass is 16.4. The van der Waals surface area contributed by atoms with E-state index in [2.05, 4.69) is 10.6 Å². The molecule has 1 atom stereocenters. The third-order valence-corrected chi connectivity index (χ3v) is 2.53. The largest absolute Gasteiger partial charge is 0.481 e. The molecule has 20 heavy (non-hydrogen) atoms. The second-order valence-corrected chi connectivity index (χ2v) is 4.29. The van der Waals surface area contributed by atoms with E-state index in [1.165, 1.54) is 0 Å². The molecule has 0 saturated heterocycles. The molecule has 1 aromatic rings. The average Bonchev–Trinajstić information content (AvgIpc) is 2.33. The second kappa shape index (κ2) is 7.13. The molecule has 7 nitrogen and oxygen atoms in total. The molecule has 0 radical (unpaired) electrons. The summed E-state index contributed by atoms with van der Waals surface area (Å²) in [5.74, 6) is -2.39. The molecule has 0 heterocycles. The van der Waals surface area contributed by atoms with E-state index in [1.54, 1.807) is 18.2 Å². The standard InChI is InChI=1S/C13H16N2O5/c1-8-3-2-4-9(7-8)14-13(20)15-10(12(18)19)5-6-11(16)17/h2-4,7,10H,5-6H2,1H3,(H,16,17)(H,18,19)(H2,14,15,20). The van der Waals surface area contributed by atoms with Gasteiger partial charge in [-0.25, -0.2) is 9.59 Å². The Kier molecular flexibility index (Phi) is 5.52. The molecule has 0 aliphatic heterocycles. The summed E-state index contributed by atoms with van der Waals surface area (Å²) in [4.78, 5) is 33.0.